The van der Waals surface area contributed by atoms with Crippen molar-refractivity contribution in [1.82, 2.24) is 4.98 Å². The van der Waals surface area contributed by atoms with Crippen molar-refractivity contribution in [1.29, 1.82) is 0 Å². The highest BCUT2D eigenvalue weighted by molar-refractivity contribution is 6.74. The molecule has 0 spiro atoms. The Hall–Kier alpha value is -1.89. The molecule has 33 heavy (non-hydrogen) atoms. The number of aromatic nitrogens is 1. The molecule has 134 valence electrons. The van der Waals surface area contributed by atoms with Gasteiger partial charge in [-0.3, -0.25) is 0 Å². The maximum absolute atomic E-state index is 6.39. The first-order chi connectivity index (χ1) is 15.3. The molecule has 20 radical (unpaired) electrons. The number of hydrogen-bond donors (Lipinski definition) is 1. The smallest absolute Gasteiger partial charge is 0.115 e. The number of H-pyrrole nitrogens is 1. The molecular formula is C22H11B10N. The molecule has 5 rings (SSSR count). The van der Waals surface area contributed by atoms with Crippen LogP contribution in [0.5, 0.6) is 0 Å². The van der Waals surface area contributed by atoms with Gasteiger partial charge in [0.05, 0.1) is 0 Å². The Morgan fingerprint density at radius 1 is 0.364 bits per heavy atom. The van der Waals surface area contributed by atoms with Gasteiger partial charge in [0.25, 0.3) is 0 Å². The maximum Gasteiger partial charge on any atom is 0.115 e. The third-order valence-electron chi connectivity index (χ3n) is 5.90. The molecule has 4 aromatic carbocycles. The maximum atomic E-state index is 6.39. The quantitative estimate of drug-likeness (QED) is 0.199. The van der Waals surface area contributed by atoms with Crippen LogP contribution in [0.3, 0.4) is 0 Å². The fourth-order valence-electron chi connectivity index (χ4n) is 4.37. The molecule has 5 aromatic rings. The van der Waals surface area contributed by atoms with Crippen LogP contribution in [0.25, 0.3) is 43.4 Å². The highest BCUT2D eigenvalue weighted by Crippen LogP contribution is 2.35. The monoisotopic (exact) mass is 399 g/mol. The van der Waals surface area contributed by atoms with Crippen LogP contribution in [-0.2, 0) is 0 Å². The average molecular weight is 397 g/mol. The molecular weight excluding hydrogens is 386 g/mol. The van der Waals surface area contributed by atoms with Crippen LogP contribution in [0.2, 0.25) is 0 Å². The van der Waals surface area contributed by atoms with E-state index in [-0.39, 0.29) is 54.6 Å². The van der Waals surface area contributed by atoms with E-state index in [0.29, 0.717) is 43.4 Å². The molecule has 1 aromatic heterocycles. The summed E-state index contributed by atoms with van der Waals surface area (Å²) < 4.78 is 0. The van der Waals surface area contributed by atoms with Gasteiger partial charge in [-0.2, -0.15) is 0 Å². The van der Waals surface area contributed by atoms with Crippen molar-refractivity contribution in [3.8, 4) is 0 Å². The Labute approximate surface area is 207 Å². The molecule has 1 N–H and O–H groups in total. The first kappa shape index (κ1) is 24.2. The highest BCUT2D eigenvalue weighted by Gasteiger charge is 2.24. The Balaban J connectivity index is 0.000000601. The van der Waals surface area contributed by atoms with Crippen LogP contribution in [0.4, 0.5) is 0 Å². The van der Waals surface area contributed by atoms with E-state index in [1.807, 2.05) is 0 Å². The number of fused-ring (bicyclic) bond motifs is 3. The van der Waals surface area contributed by atoms with Gasteiger partial charge in [0.2, 0.25) is 0 Å². The average Bonchev–Trinajstić information content (AvgIpc) is 3.15. The number of hydrogen-bond acceptors (Lipinski definition) is 0. The second-order valence-electron chi connectivity index (χ2n) is 8.99. The van der Waals surface area contributed by atoms with Crippen LogP contribution in [0.1, 0.15) is 20.8 Å². The Morgan fingerprint density at radius 3 is 0.848 bits per heavy atom. The first-order valence-electron chi connectivity index (χ1n) is 10.4. The fraction of sp³-hybridized carbons (Fsp3) is 0.182. The number of rotatable bonds is 0. The van der Waals surface area contributed by atoms with Crippen LogP contribution in [0.15, 0.2) is 0 Å². The van der Waals surface area contributed by atoms with E-state index in [1.54, 1.807) is 0 Å². The molecule has 11 heteroatoms. The summed E-state index contributed by atoms with van der Waals surface area (Å²) in [5.74, 6) is 0.833. The Bertz CT molecular complexity index is 1480. The molecule has 0 aliphatic rings. The zero-order valence-corrected chi connectivity index (χ0v) is 18.9. The largest absolute Gasteiger partial charge is 0.355 e. The van der Waals surface area contributed by atoms with Crippen LogP contribution < -0.4 is 54.6 Å². The Morgan fingerprint density at radius 2 is 0.576 bits per heavy atom. The second kappa shape index (κ2) is 8.10. The molecule has 0 saturated carbocycles. The van der Waals surface area contributed by atoms with Crippen molar-refractivity contribution >= 4 is 176 Å². The van der Waals surface area contributed by atoms with Crippen molar-refractivity contribution < 1.29 is 0 Å². The van der Waals surface area contributed by atoms with Crippen molar-refractivity contribution in [2.75, 3.05) is 0 Å². The van der Waals surface area contributed by atoms with Crippen LogP contribution in [-0.4, -0.2) is 83.4 Å². The van der Waals surface area contributed by atoms with E-state index in [2.05, 4.69) is 25.8 Å². The van der Waals surface area contributed by atoms with E-state index in [0.717, 1.165) is 5.92 Å². The SMILES string of the molecule is CC(C)C.[B]c1c([B])c([B])c2c(c1[B])c1c([B])c([B])c([B])c3[nH]c4c([B])c([B])c([B])c2c4c31. The Kier molecular flexibility index (Phi) is 5.95. The summed E-state index contributed by atoms with van der Waals surface area (Å²) in [6.07, 6.45) is 0. The van der Waals surface area contributed by atoms with Crippen molar-refractivity contribution in [2.24, 2.45) is 5.92 Å². The molecule has 0 atom stereocenters. The summed E-state index contributed by atoms with van der Waals surface area (Å²) in [5.41, 5.74) is 3.20. The molecule has 0 aliphatic carbocycles. The third-order valence-corrected chi connectivity index (χ3v) is 5.90. The summed E-state index contributed by atoms with van der Waals surface area (Å²) in [5, 5.41) is 3.38. The predicted octanol–water partition coefficient (Wildman–Crippen LogP) is -5.33. The minimum absolute atomic E-state index is 0.140. The molecule has 0 unspecified atom stereocenters. The van der Waals surface area contributed by atoms with E-state index in [1.165, 1.54) is 0 Å². The predicted molar refractivity (Wildman–Crippen MR) is 156 cm³/mol. The molecule has 1 nitrogen and oxygen atoms in total. The lowest BCUT2D eigenvalue weighted by molar-refractivity contribution is 0.737. The number of aromatic amines is 1. The van der Waals surface area contributed by atoms with Crippen molar-refractivity contribution in [3.05, 3.63) is 0 Å². The fourth-order valence-corrected chi connectivity index (χ4v) is 4.37. The molecule has 0 aliphatic heterocycles. The summed E-state index contributed by atoms with van der Waals surface area (Å²) in [4.78, 5) is 3.21. The van der Waals surface area contributed by atoms with Gasteiger partial charge in [0.15, 0.2) is 0 Å². The molecule has 0 amide bonds. The lowest BCUT2D eigenvalue weighted by Gasteiger charge is -2.24. The third kappa shape index (κ3) is 3.21. The van der Waals surface area contributed by atoms with Gasteiger partial charge in [-0.1, -0.05) is 53.5 Å². The molecule has 0 saturated heterocycles. The summed E-state index contributed by atoms with van der Waals surface area (Å²) in [6.45, 7) is 6.50. The zero-order valence-electron chi connectivity index (χ0n) is 18.9. The lowest BCUT2D eigenvalue weighted by atomic mass is 9.60. The topological polar surface area (TPSA) is 15.8 Å². The zero-order chi connectivity index (χ0) is 24.7. The summed E-state index contributed by atoms with van der Waals surface area (Å²) >= 11 is 0. The molecule has 0 bridgehead atoms. The van der Waals surface area contributed by atoms with Gasteiger partial charge in [0.1, 0.15) is 78.5 Å². The number of benzene rings is 4. The van der Waals surface area contributed by atoms with Crippen molar-refractivity contribution in [2.45, 2.75) is 20.8 Å². The van der Waals surface area contributed by atoms with E-state index in [4.69, 9.17) is 78.5 Å². The standard InChI is InChI=1S/C18HB10N.C4H10/c19-7-1-2(8(20)12(24)11(7)23)4-6-5-3(1)9(21)13(25)15(27)17(5)29-18(6)16(28)14(26)10(4)22;1-4(2)3/h29H;4H,1-3H3. The highest BCUT2D eigenvalue weighted by atomic mass is 14.7. The van der Waals surface area contributed by atoms with Gasteiger partial charge in [0, 0.05) is 21.8 Å². The summed E-state index contributed by atoms with van der Waals surface area (Å²) in [7, 11) is 62.7. The van der Waals surface area contributed by atoms with Gasteiger partial charge >= 0.3 is 0 Å². The normalized spacial score (nSPS) is 11.8. The van der Waals surface area contributed by atoms with Crippen LogP contribution >= 0.6 is 0 Å². The van der Waals surface area contributed by atoms with Crippen LogP contribution in [0, 0.1) is 5.92 Å². The van der Waals surface area contributed by atoms with Gasteiger partial charge < -0.3 is 4.98 Å². The van der Waals surface area contributed by atoms with Gasteiger partial charge in [-0.05, 0) is 27.5 Å². The minimum Gasteiger partial charge on any atom is -0.355 e. The first-order valence-corrected chi connectivity index (χ1v) is 10.4. The van der Waals surface area contributed by atoms with Gasteiger partial charge in [-0.25, -0.2) is 0 Å². The van der Waals surface area contributed by atoms with Crippen molar-refractivity contribution in [3.63, 3.8) is 0 Å². The molecule has 1 heterocycles. The number of nitrogens with one attached hydrogen (secondary N) is 1. The minimum atomic E-state index is 0.140. The lowest BCUT2D eigenvalue weighted by Crippen LogP contribution is -2.49. The van der Waals surface area contributed by atoms with E-state index < -0.39 is 0 Å². The second-order valence-corrected chi connectivity index (χ2v) is 8.99. The van der Waals surface area contributed by atoms with Gasteiger partial charge in [-0.15, -0.1) is 21.9 Å². The molecule has 0 fully saturated rings. The van der Waals surface area contributed by atoms with E-state index in [9.17, 15) is 0 Å². The van der Waals surface area contributed by atoms with E-state index >= 15 is 0 Å². The summed E-state index contributed by atoms with van der Waals surface area (Å²) in [6, 6.07) is 0.